The van der Waals surface area contributed by atoms with Gasteiger partial charge in [-0.1, -0.05) is 29.3 Å². The van der Waals surface area contributed by atoms with Gasteiger partial charge in [0, 0.05) is 25.0 Å². The van der Waals surface area contributed by atoms with Gasteiger partial charge in [0.1, 0.15) is 10.8 Å². The van der Waals surface area contributed by atoms with Gasteiger partial charge >= 0.3 is 0 Å². The number of nitrogens with one attached hydrogen (secondary N) is 1. The lowest BCUT2D eigenvalue weighted by Crippen LogP contribution is -2.41. The maximum absolute atomic E-state index is 11.9. The number of hydrogen-bond acceptors (Lipinski definition) is 3. The van der Waals surface area contributed by atoms with Crippen LogP contribution in [0.1, 0.15) is 32.6 Å². The van der Waals surface area contributed by atoms with Crippen LogP contribution in [0.2, 0.25) is 10.0 Å². The van der Waals surface area contributed by atoms with Gasteiger partial charge in [-0.15, -0.1) is 0 Å². The number of carbonyl (C=O) groups is 1. The molecule has 23 heavy (non-hydrogen) atoms. The summed E-state index contributed by atoms with van der Waals surface area (Å²) in [4.78, 5) is 14.2. The van der Waals surface area contributed by atoms with Crippen LogP contribution >= 0.6 is 23.2 Å². The minimum absolute atomic E-state index is 0.0573. The summed E-state index contributed by atoms with van der Waals surface area (Å²) in [6.07, 6.45) is 3.63. The molecule has 1 atom stereocenters. The zero-order valence-electron chi connectivity index (χ0n) is 13.6. The summed E-state index contributed by atoms with van der Waals surface area (Å²) >= 11 is 12.0. The molecular formula is C17H24Cl2N2O2. The normalized spacial score (nSPS) is 15.5. The predicted molar refractivity (Wildman–Crippen MR) is 94.4 cm³/mol. The fraction of sp³-hybridized carbons (Fsp3) is 0.588. The van der Waals surface area contributed by atoms with Crippen molar-refractivity contribution in [3.63, 3.8) is 0 Å². The third-order valence-corrected chi connectivity index (χ3v) is 4.94. The molecule has 1 aromatic carbocycles. The quantitative estimate of drug-likeness (QED) is 0.683. The Morgan fingerprint density at radius 1 is 1.43 bits per heavy atom. The molecule has 1 N–H and O–H groups in total. The molecule has 0 aliphatic heterocycles. The Kier molecular flexibility index (Phi) is 7.00. The average molecular weight is 359 g/mol. The second-order valence-electron chi connectivity index (χ2n) is 6.05. The molecular weight excluding hydrogens is 335 g/mol. The maximum Gasteiger partial charge on any atom is 0.220 e. The van der Waals surface area contributed by atoms with Crippen molar-refractivity contribution in [2.75, 3.05) is 20.2 Å². The van der Waals surface area contributed by atoms with Gasteiger partial charge in [-0.3, -0.25) is 9.69 Å². The Balaban J connectivity index is 1.60. The number of nitrogens with zero attached hydrogens (tertiary/aromatic N) is 1. The van der Waals surface area contributed by atoms with Gasteiger partial charge in [0.25, 0.3) is 0 Å². The molecule has 1 unspecified atom stereocenters. The van der Waals surface area contributed by atoms with Crippen LogP contribution in [0.15, 0.2) is 18.2 Å². The highest BCUT2D eigenvalue weighted by molar-refractivity contribution is 6.42. The van der Waals surface area contributed by atoms with Crippen molar-refractivity contribution in [3.8, 4) is 5.75 Å². The Labute approximate surface area is 148 Å². The molecule has 1 aliphatic rings. The van der Waals surface area contributed by atoms with Crippen LogP contribution in [0, 0.1) is 0 Å². The van der Waals surface area contributed by atoms with Crippen LogP contribution in [0.25, 0.3) is 0 Å². The number of benzene rings is 1. The molecule has 0 saturated heterocycles. The lowest BCUT2D eigenvalue weighted by Gasteiger charge is -2.24. The van der Waals surface area contributed by atoms with E-state index in [2.05, 4.69) is 24.2 Å². The van der Waals surface area contributed by atoms with Crippen LogP contribution in [0.3, 0.4) is 0 Å². The summed E-state index contributed by atoms with van der Waals surface area (Å²) in [5.41, 5.74) is 0. The topological polar surface area (TPSA) is 41.6 Å². The highest BCUT2D eigenvalue weighted by atomic mass is 35.5. The van der Waals surface area contributed by atoms with E-state index in [4.69, 9.17) is 27.9 Å². The number of halogens is 2. The van der Waals surface area contributed by atoms with E-state index in [-0.39, 0.29) is 5.91 Å². The van der Waals surface area contributed by atoms with Crippen LogP contribution < -0.4 is 10.1 Å². The summed E-state index contributed by atoms with van der Waals surface area (Å²) in [5.74, 6) is 0.612. The zero-order chi connectivity index (χ0) is 16.8. The molecule has 0 heterocycles. The third-order valence-electron chi connectivity index (χ3n) is 4.13. The van der Waals surface area contributed by atoms with E-state index >= 15 is 0 Å². The summed E-state index contributed by atoms with van der Waals surface area (Å²) in [6.45, 7) is 3.26. The molecule has 0 spiro atoms. The monoisotopic (exact) mass is 358 g/mol. The zero-order valence-corrected chi connectivity index (χ0v) is 15.2. The van der Waals surface area contributed by atoms with Crippen molar-refractivity contribution in [2.45, 2.75) is 44.7 Å². The first-order valence-electron chi connectivity index (χ1n) is 8.04. The van der Waals surface area contributed by atoms with E-state index < -0.39 is 0 Å². The average Bonchev–Trinajstić information content (AvgIpc) is 3.37. The van der Waals surface area contributed by atoms with Crippen LogP contribution in [0.5, 0.6) is 5.75 Å². The summed E-state index contributed by atoms with van der Waals surface area (Å²) < 4.78 is 5.57. The molecule has 0 bridgehead atoms. The summed E-state index contributed by atoms with van der Waals surface area (Å²) in [7, 11) is 2.12. The molecule has 0 radical (unpaired) electrons. The fourth-order valence-corrected chi connectivity index (χ4v) is 2.69. The first kappa shape index (κ1) is 18.4. The molecule has 1 aliphatic carbocycles. The first-order chi connectivity index (χ1) is 11.0. The molecule has 6 heteroatoms. The predicted octanol–water partition coefficient (Wildman–Crippen LogP) is 3.75. The van der Waals surface area contributed by atoms with Crippen molar-refractivity contribution >= 4 is 29.1 Å². The van der Waals surface area contributed by atoms with E-state index in [1.54, 1.807) is 18.2 Å². The Morgan fingerprint density at radius 2 is 2.17 bits per heavy atom. The number of amides is 1. The lowest BCUT2D eigenvalue weighted by atomic mass is 10.2. The molecule has 0 aromatic heterocycles. The SMILES string of the molecule is CC(CNC(=O)CCCOc1cccc(Cl)c1Cl)N(C)C1CC1. The Hall–Kier alpha value is -0.970. The molecule has 1 saturated carbocycles. The van der Waals surface area contributed by atoms with Crippen LogP contribution in [0.4, 0.5) is 0 Å². The number of rotatable bonds is 9. The van der Waals surface area contributed by atoms with E-state index in [0.717, 1.165) is 0 Å². The minimum Gasteiger partial charge on any atom is -0.492 e. The van der Waals surface area contributed by atoms with Gasteiger partial charge in [0.2, 0.25) is 5.91 Å². The first-order valence-corrected chi connectivity index (χ1v) is 8.80. The third kappa shape index (κ3) is 5.87. The highest BCUT2D eigenvalue weighted by Crippen LogP contribution is 2.31. The molecule has 2 rings (SSSR count). The summed E-state index contributed by atoms with van der Waals surface area (Å²) in [6, 6.07) is 6.34. The van der Waals surface area contributed by atoms with Gasteiger partial charge in [0.15, 0.2) is 0 Å². The van der Waals surface area contributed by atoms with E-state index in [9.17, 15) is 4.79 Å². The number of hydrogen-bond donors (Lipinski definition) is 1. The largest absolute Gasteiger partial charge is 0.492 e. The van der Waals surface area contributed by atoms with Crippen LogP contribution in [-0.2, 0) is 4.79 Å². The van der Waals surface area contributed by atoms with E-state index in [0.29, 0.717) is 53.9 Å². The van der Waals surface area contributed by atoms with Gasteiger partial charge in [0.05, 0.1) is 11.6 Å². The standard InChI is InChI=1S/C17H24Cl2N2O2/c1-12(21(2)13-8-9-13)11-20-16(22)7-4-10-23-15-6-3-5-14(18)17(15)19/h3,5-6,12-13H,4,7-11H2,1-2H3,(H,20,22). The van der Waals surface area contributed by atoms with Gasteiger partial charge in [-0.25, -0.2) is 0 Å². The number of ether oxygens (including phenoxy) is 1. The maximum atomic E-state index is 11.9. The van der Waals surface area contributed by atoms with Crippen molar-refractivity contribution in [3.05, 3.63) is 28.2 Å². The highest BCUT2D eigenvalue weighted by Gasteiger charge is 2.29. The van der Waals surface area contributed by atoms with Crippen molar-refractivity contribution in [1.82, 2.24) is 10.2 Å². The van der Waals surface area contributed by atoms with Crippen molar-refractivity contribution in [1.29, 1.82) is 0 Å². The van der Waals surface area contributed by atoms with E-state index in [1.165, 1.54) is 12.8 Å². The lowest BCUT2D eigenvalue weighted by molar-refractivity contribution is -0.121. The number of likely N-dealkylation sites (N-methyl/N-ethyl adjacent to an activating group) is 1. The Morgan fingerprint density at radius 3 is 2.87 bits per heavy atom. The van der Waals surface area contributed by atoms with Crippen LogP contribution in [-0.4, -0.2) is 43.1 Å². The fourth-order valence-electron chi connectivity index (χ4n) is 2.35. The molecule has 1 aromatic rings. The molecule has 128 valence electrons. The molecule has 1 fully saturated rings. The smallest absolute Gasteiger partial charge is 0.220 e. The second-order valence-corrected chi connectivity index (χ2v) is 6.84. The molecule has 4 nitrogen and oxygen atoms in total. The Bertz CT molecular complexity index is 535. The van der Waals surface area contributed by atoms with Crippen molar-refractivity contribution < 1.29 is 9.53 Å². The number of carbonyl (C=O) groups excluding carboxylic acids is 1. The van der Waals surface area contributed by atoms with Gasteiger partial charge in [-0.2, -0.15) is 0 Å². The van der Waals surface area contributed by atoms with Gasteiger partial charge < -0.3 is 10.1 Å². The second kappa shape index (κ2) is 8.76. The molecule has 1 amide bonds. The van der Waals surface area contributed by atoms with Crippen molar-refractivity contribution in [2.24, 2.45) is 0 Å². The van der Waals surface area contributed by atoms with E-state index in [1.807, 2.05) is 0 Å². The van der Waals surface area contributed by atoms with Gasteiger partial charge in [-0.05, 0) is 45.4 Å². The summed E-state index contributed by atoms with van der Waals surface area (Å²) in [5, 5.41) is 3.86. The minimum atomic E-state index is 0.0573.